The number of ether oxygens (including phenoxy) is 2. The Balaban J connectivity index is 1.91. The molecule has 5 atom stereocenters. The Hall–Kier alpha value is -2.91. The van der Waals surface area contributed by atoms with Crippen LogP contribution < -0.4 is 9.62 Å². The summed E-state index contributed by atoms with van der Waals surface area (Å²) >= 11 is 1.37. The lowest BCUT2D eigenvalue weighted by Crippen LogP contribution is -3.07. The van der Waals surface area contributed by atoms with Crippen LogP contribution >= 0.6 is 19.8 Å². The normalized spacial score (nSPS) is 18.4. The molecule has 1 fully saturated rings. The quantitative estimate of drug-likeness (QED) is 0.0541. The van der Waals surface area contributed by atoms with Gasteiger partial charge in [0.05, 0.1) is 42.2 Å². The number of phosphoric acid groups is 1. The molecule has 1 saturated heterocycles. The van der Waals surface area contributed by atoms with Crippen LogP contribution in [0.25, 0.3) is 0 Å². The Morgan fingerprint density at radius 3 is 2.56 bits per heavy atom. The number of alkyl carbamates (subject to hydrolysis) is 1. The maximum Gasteiger partial charge on any atom is 0.472 e. The zero-order valence-electron chi connectivity index (χ0n) is 24.0. The van der Waals surface area contributed by atoms with Gasteiger partial charge in [-0.1, -0.05) is 49.4 Å². The topological polar surface area (TPSA) is 180 Å². The molecule has 43 heavy (non-hydrogen) atoms. The van der Waals surface area contributed by atoms with Crippen molar-refractivity contribution in [2.45, 2.75) is 49.8 Å². The third-order valence-electron chi connectivity index (χ3n) is 6.29. The average molecular weight is 642 g/mol. The highest BCUT2D eigenvalue weighted by molar-refractivity contribution is 7.93. The van der Waals surface area contributed by atoms with E-state index in [0.29, 0.717) is 19.6 Å². The zero-order chi connectivity index (χ0) is 31.2. The van der Waals surface area contributed by atoms with E-state index >= 15 is 0 Å². The first-order valence-electron chi connectivity index (χ1n) is 13.8. The fourth-order valence-electron chi connectivity index (χ4n) is 4.38. The zero-order valence-corrected chi connectivity index (χ0v) is 25.7. The van der Waals surface area contributed by atoms with Gasteiger partial charge in [-0.3, -0.25) is 23.5 Å². The molecule has 0 bridgehead atoms. The van der Waals surface area contributed by atoms with Crippen molar-refractivity contribution in [3.05, 3.63) is 75.2 Å². The van der Waals surface area contributed by atoms with Gasteiger partial charge in [0.15, 0.2) is 0 Å². The Labute approximate surface area is 254 Å². The molecule has 3 rings (SSSR count). The standard InChI is InChI=1S/C27H37N4O10PS/c1-20(2)17-30(43-24-10-8-22(9-11-24)31(34)35)18-26(41-42(36,37)39-15-13-28-33)25(16-21-6-4-3-5-7-21)29-27(32)40-23-12-14-38-19-23/h3-11,20,23,25-26H,12-19H2,1-2H3,(H,29,32)(H,36,37)/p+1/t23-,25-,26+/m0/s1. The molecule has 0 aromatic heterocycles. The molecule has 1 heterocycles. The van der Waals surface area contributed by atoms with Gasteiger partial charge in [0, 0.05) is 24.5 Å². The molecule has 0 radical (unpaired) electrons. The van der Waals surface area contributed by atoms with E-state index in [-0.39, 0.29) is 37.7 Å². The average Bonchev–Trinajstić information content (AvgIpc) is 3.45. The van der Waals surface area contributed by atoms with Gasteiger partial charge in [0.25, 0.3) is 5.69 Å². The highest BCUT2D eigenvalue weighted by atomic mass is 32.2. The lowest BCUT2D eigenvalue weighted by atomic mass is 10.0. The number of hydrogen-bond acceptors (Lipinski definition) is 11. The van der Waals surface area contributed by atoms with Crippen molar-refractivity contribution in [3.63, 3.8) is 0 Å². The van der Waals surface area contributed by atoms with Crippen molar-refractivity contribution >= 4 is 31.6 Å². The number of nitrogens with zero attached hydrogens (tertiary/aromatic N) is 2. The summed E-state index contributed by atoms with van der Waals surface area (Å²) in [6.45, 7) is 4.70. The molecule has 3 N–H and O–H groups in total. The predicted octanol–water partition coefficient (Wildman–Crippen LogP) is 3.54. The van der Waals surface area contributed by atoms with Crippen molar-refractivity contribution < 1.29 is 42.0 Å². The molecule has 0 saturated carbocycles. The number of nitrogens with one attached hydrogen (secondary N) is 2. The number of nitroso groups, excluding NO2 is 1. The molecule has 16 heteroatoms. The first kappa shape index (κ1) is 34.6. The van der Waals surface area contributed by atoms with E-state index in [2.05, 4.69) is 10.5 Å². The molecular formula is C27H38N4O10PS+. The number of rotatable bonds is 18. The van der Waals surface area contributed by atoms with Gasteiger partial charge in [-0.2, -0.15) is 4.91 Å². The van der Waals surface area contributed by atoms with Crippen molar-refractivity contribution in [2.75, 3.05) is 39.5 Å². The molecule has 0 aliphatic carbocycles. The third kappa shape index (κ3) is 12.7. The van der Waals surface area contributed by atoms with Gasteiger partial charge < -0.3 is 19.7 Å². The number of non-ortho nitro benzene ring substituents is 1. The summed E-state index contributed by atoms with van der Waals surface area (Å²) in [7, 11) is -4.71. The molecule has 2 aromatic rings. The van der Waals surface area contributed by atoms with Crippen LogP contribution in [0.5, 0.6) is 0 Å². The molecule has 14 nitrogen and oxygen atoms in total. The number of quaternary nitrogens is 1. The van der Waals surface area contributed by atoms with Crippen LogP contribution in [0.4, 0.5) is 10.5 Å². The van der Waals surface area contributed by atoms with E-state index < -0.39 is 43.7 Å². The second-order valence-corrected chi connectivity index (χ2v) is 13.0. The maximum absolute atomic E-state index is 13.0. The number of nitro benzene ring substituents is 1. The number of phosphoric ester groups is 1. The van der Waals surface area contributed by atoms with Gasteiger partial charge in [-0.05, 0) is 24.1 Å². The fourth-order valence-corrected chi connectivity index (χ4v) is 6.59. The summed E-state index contributed by atoms with van der Waals surface area (Å²) in [4.78, 5) is 45.5. The van der Waals surface area contributed by atoms with Gasteiger partial charge >= 0.3 is 13.9 Å². The van der Waals surface area contributed by atoms with Gasteiger partial charge in [0.2, 0.25) is 0 Å². The highest BCUT2D eigenvalue weighted by Gasteiger charge is 2.37. The van der Waals surface area contributed by atoms with Crippen LogP contribution in [0.1, 0.15) is 25.8 Å². The number of carbonyl (C=O) groups is 1. The van der Waals surface area contributed by atoms with Crippen LogP contribution in [-0.2, 0) is 29.5 Å². The summed E-state index contributed by atoms with van der Waals surface area (Å²) in [5.74, 6) is 0.185. The minimum Gasteiger partial charge on any atom is -0.444 e. The first-order chi connectivity index (χ1) is 20.5. The third-order valence-corrected chi connectivity index (χ3v) is 8.47. The smallest absolute Gasteiger partial charge is 0.444 e. The Morgan fingerprint density at radius 2 is 1.95 bits per heavy atom. The van der Waals surface area contributed by atoms with Gasteiger partial charge in [-0.25, -0.2) is 9.36 Å². The molecule has 0 spiro atoms. The number of benzene rings is 2. The molecule has 236 valence electrons. The molecular weight excluding hydrogens is 603 g/mol. The lowest BCUT2D eigenvalue weighted by molar-refractivity contribution is -0.764. The van der Waals surface area contributed by atoms with Crippen molar-refractivity contribution in [2.24, 2.45) is 11.1 Å². The second-order valence-electron chi connectivity index (χ2n) is 10.3. The van der Waals surface area contributed by atoms with Gasteiger partial charge in [-0.15, -0.1) is 0 Å². The minimum atomic E-state index is -4.71. The molecule has 1 amide bonds. The lowest BCUT2D eigenvalue weighted by Gasteiger charge is -2.31. The summed E-state index contributed by atoms with van der Waals surface area (Å²) in [6, 6.07) is 14.5. The summed E-state index contributed by atoms with van der Waals surface area (Å²) in [5, 5.41) is 16.6. The van der Waals surface area contributed by atoms with Crippen LogP contribution in [0, 0.1) is 20.9 Å². The van der Waals surface area contributed by atoms with Crippen molar-refractivity contribution in [3.8, 4) is 0 Å². The first-order valence-corrected chi connectivity index (χ1v) is 16.2. The highest BCUT2D eigenvalue weighted by Crippen LogP contribution is 2.45. The van der Waals surface area contributed by atoms with Crippen molar-refractivity contribution in [1.82, 2.24) is 5.32 Å². The summed E-state index contributed by atoms with van der Waals surface area (Å²) in [5.41, 5.74) is 0.787. The minimum absolute atomic E-state index is 0.0440. The van der Waals surface area contributed by atoms with E-state index in [9.17, 15) is 29.3 Å². The number of hydrogen-bond donors (Lipinski definition) is 3. The van der Waals surface area contributed by atoms with Crippen LogP contribution in [-0.4, -0.2) is 73.6 Å². The molecule has 1 aliphatic rings. The van der Waals surface area contributed by atoms with E-state index in [1.54, 1.807) is 12.1 Å². The second kappa shape index (κ2) is 17.4. The SMILES string of the molecule is CC(C)C[NH+](C[C@@H](OP(=O)(O)OCCN=O)[C@H](Cc1ccccc1)NC(=O)O[C@H]1CCOC1)Sc1ccc([N+](=O)[O-])cc1. The molecule has 1 aliphatic heterocycles. The Bertz CT molecular complexity index is 1220. The van der Waals surface area contributed by atoms with Crippen molar-refractivity contribution in [1.29, 1.82) is 0 Å². The predicted molar refractivity (Wildman–Crippen MR) is 159 cm³/mol. The van der Waals surface area contributed by atoms with E-state index in [1.165, 1.54) is 24.1 Å². The van der Waals surface area contributed by atoms with E-state index in [0.717, 1.165) is 14.8 Å². The maximum atomic E-state index is 13.0. The van der Waals surface area contributed by atoms with Crippen LogP contribution in [0.2, 0.25) is 0 Å². The van der Waals surface area contributed by atoms with Gasteiger partial charge in [0.1, 0.15) is 37.2 Å². The summed E-state index contributed by atoms with van der Waals surface area (Å²) in [6.07, 6.45) is -1.43. The van der Waals surface area contributed by atoms with Crippen LogP contribution in [0.3, 0.4) is 0 Å². The Kier molecular flexibility index (Phi) is 14.0. The number of amides is 1. The monoisotopic (exact) mass is 641 g/mol. The Morgan fingerprint density at radius 1 is 1.23 bits per heavy atom. The van der Waals surface area contributed by atoms with E-state index in [1.807, 2.05) is 44.2 Å². The number of nitro groups is 1. The number of carbonyl (C=O) groups excluding carboxylic acids is 1. The molecule has 2 unspecified atom stereocenters. The molecule has 2 aromatic carbocycles. The largest absolute Gasteiger partial charge is 0.472 e. The fraction of sp³-hybridized carbons (Fsp3) is 0.519. The van der Waals surface area contributed by atoms with Crippen LogP contribution in [0.15, 0.2) is 64.7 Å². The van der Waals surface area contributed by atoms with E-state index in [4.69, 9.17) is 18.5 Å². The summed E-state index contributed by atoms with van der Waals surface area (Å²) < 4.78 is 35.4.